The number of rotatable bonds is 4. The molecular formula is C14H30N2. The summed E-state index contributed by atoms with van der Waals surface area (Å²) in [7, 11) is 0. The minimum absolute atomic E-state index is 0.428. The van der Waals surface area contributed by atoms with Gasteiger partial charge < -0.3 is 0 Å². The second-order valence-corrected chi connectivity index (χ2v) is 6.89. The Balaban J connectivity index is 2.36. The monoisotopic (exact) mass is 226 g/mol. The van der Waals surface area contributed by atoms with Crippen LogP contribution in [0.2, 0.25) is 0 Å². The molecule has 0 aromatic rings. The van der Waals surface area contributed by atoms with E-state index in [9.17, 15) is 0 Å². The van der Waals surface area contributed by atoms with Crippen molar-refractivity contribution in [1.82, 2.24) is 5.43 Å². The summed E-state index contributed by atoms with van der Waals surface area (Å²) >= 11 is 0. The zero-order chi connectivity index (χ0) is 12.2. The molecule has 0 aromatic carbocycles. The molecule has 2 nitrogen and oxygen atoms in total. The minimum Gasteiger partial charge on any atom is -0.271 e. The summed E-state index contributed by atoms with van der Waals surface area (Å²) in [5.41, 5.74) is 3.49. The van der Waals surface area contributed by atoms with Crippen molar-refractivity contribution in [3.05, 3.63) is 0 Å². The first-order valence-electron chi connectivity index (χ1n) is 6.88. The van der Waals surface area contributed by atoms with Crippen LogP contribution in [0.15, 0.2) is 0 Å². The number of hydrazine groups is 1. The van der Waals surface area contributed by atoms with Gasteiger partial charge in [0.1, 0.15) is 0 Å². The second kappa shape index (κ2) is 6.02. The summed E-state index contributed by atoms with van der Waals surface area (Å²) in [6, 6.07) is 0.534. The Kier molecular flexibility index (Phi) is 5.26. The molecule has 0 aromatic heterocycles. The molecule has 1 saturated carbocycles. The van der Waals surface area contributed by atoms with Gasteiger partial charge in [-0.2, -0.15) is 0 Å². The molecule has 1 aliphatic rings. The van der Waals surface area contributed by atoms with Gasteiger partial charge in [0.25, 0.3) is 0 Å². The second-order valence-electron chi connectivity index (χ2n) is 6.89. The number of nitrogens with one attached hydrogen (secondary N) is 1. The van der Waals surface area contributed by atoms with E-state index in [1.165, 1.54) is 38.5 Å². The van der Waals surface area contributed by atoms with E-state index >= 15 is 0 Å². The molecule has 3 N–H and O–H groups in total. The van der Waals surface area contributed by atoms with Crippen LogP contribution in [0.1, 0.15) is 66.2 Å². The van der Waals surface area contributed by atoms with Crippen LogP contribution >= 0.6 is 0 Å². The van der Waals surface area contributed by atoms with E-state index < -0.39 is 0 Å². The standard InChI is InChI=1S/C14H30N2/c1-11-5-7-12(8-6-11)13(16-15)9-10-14(2,3)4/h11-13,16H,5-10,15H2,1-4H3. The fraction of sp³-hybridized carbons (Fsp3) is 1.00. The lowest BCUT2D eigenvalue weighted by molar-refractivity contribution is 0.206. The smallest absolute Gasteiger partial charge is 0.0238 e. The molecule has 1 unspecified atom stereocenters. The van der Waals surface area contributed by atoms with Gasteiger partial charge in [0.15, 0.2) is 0 Å². The van der Waals surface area contributed by atoms with Crippen molar-refractivity contribution in [2.75, 3.05) is 0 Å². The predicted molar refractivity (Wildman–Crippen MR) is 70.9 cm³/mol. The molecule has 1 aliphatic carbocycles. The average Bonchev–Trinajstić information content (AvgIpc) is 2.20. The zero-order valence-electron chi connectivity index (χ0n) is 11.6. The van der Waals surface area contributed by atoms with Crippen LogP contribution in [0, 0.1) is 17.3 Å². The fourth-order valence-corrected chi connectivity index (χ4v) is 2.73. The highest BCUT2D eigenvalue weighted by Crippen LogP contribution is 2.33. The third-order valence-electron chi connectivity index (χ3n) is 4.05. The molecule has 0 radical (unpaired) electrons. The van der Waals surface area contributed by atoms with Crippen LogP contribution in [-0.2, 0) is 0 Å². The van der Waals surface area contributed by atoms with Gasteiger partial charge in [-0.3, -0.25) is 11.3 Å². The summed E-state index contributed by atoms with van der Waals surface area (Å²) in [6.07, 6.45) is 7.98. The molecule has 2 heteroatoms. The van der Waals surface area contributed by atoms with Crippen LogP contribution in [0.25, 0.3) is 0 Å². The largest absolute Gasteiger partial charge is 0.271 e. The zero-order valence-corrected chi connectivity index (χ0v) is 11.6. The van der Waals surface area contributed by atoms with E-state index in [1.807, 2.05) is 0 Å². The van der Waals surface area contributed by atoms with Crippen molar-refractivity contribution in [3.8, 4) is 0 Å². The molecule has 1 atom stereocenters. The summed E-state index contributed by atoms with van der Waals surface area (Å²) in [6.45, 7) is 9.30. The van der Waals surface area contributed by atoms with Crippen LogP contribution in [-0.4, -0.2) is 6.04 Å². The van der Waals surface area contributed by atoms with E-state index in [4.69, 9.17) is 5.84 Å². The summed E-state index contributed by atoms with van der Waals surface area (Å²) in [5, 5.41) is 0. The Hall–Kier alpha value is -0.0800. The Morgan fingerprint density at radius 3 is 2.19 bits per heavy atom. The normalized spacial score (nSPS) is 29.1. The van der Waals surface area contributed by atoms with Gasteiger partial charge in [0, 0.05) is 6.04 Å². The molecule has 0 heterocycles. The lowest BCUT2D eigenvalue weighted by Gasteiger charge is -2.33. The average molecular weight is 226 g/mol. The van der Waals surface area contributed by atoms with Gasteiger partial charge in [-0.1, -0.05) is 40.5 Å². The molecule has 0 saturated heterocycles. The van der Waals surface area contributed by atoms with Gasteiger partial charge in [-0.25, -0.2) is 0 Å². The first-order chi connectivity index (χ1) is 7.42. The molecule has 0 aliphatic heterocycles. The van der Waals surface area contributed by atoms with Gasteiger partial charge in [-0.15, -0.1) is 0 Å². The highest BCUT2D eigenvalue weighted by atomic mass is 15.2. The fourth-order valence-electron chi connectivity index (χ4n) is 2.73. The number of hydrogen-bond donors (Lipinski definition) is 2. The third-order valence-corrected chi connectivity index (χ3v) is 4.05. The summed E-state index contributed by atoms with van der Waals surface area (Å²) in [4.78, 5) is 0. The topological polar surface area (TPSA) is 38.0 Å². The predicted octanol–water partition coefficient (Wildman–Crippen LogP) is 3.47. The van der Waals surface area contributed by atoms with Gasteiger partial charge in [0.2, 0.25) is 0 Å². The Labute approximate surface area is 101 Å². The highest BCUT2D eigenvalue weighted by molar-refractivity contribution is 4.81. The van der Waals surface area contributed by atoms with Crippen molar-refractivity contribution in [2.24, 2.45) is 23.1 Å². The van der Waals surface area contributed by atoms with E-state index in [0.29, 0.717) is 11.5 Å². The lowest BCUT2D eigenvalue weighted by Crippen LogP contribution is -2.42. The Morgan fingerprint density at radius 2 is 1.75 bits per heavy atom. The lowest BCUT2D eigenvalue weighted by atomic mass is 9.76. The SMILES string of the molecule is CC1CCC(C(CCC(C)(C)C)NN)CC1. The van der Waals surface area contributed by atoms with Crippen molar-refractivity contribution >= 4 is 0 Å². The van der Waals surface area contributed by atoms with Gasteiger partial charge in [-0.05, 0) is 42.9 Å². The van der Waals surface area contributed by atoms with Crippen molar-refractivity contribution < 1.29 is 0 Å². The van der Waals surface area contributed by atoms with Gasteiger partial charge in [0.05, 0.1) is 0 Å². The van der Waals surface area contributed by atoms with Crippen LogP contribution in [0.4, 0.5) is 0 Å². The van der Waals surface area contributed by atoms with Crippen LogP contribution < -0.4 is 11.3 Å². The Bertz CT molecular complexity index is 187. The maximum absolute atomic E-state index is 5.72. The summed E-state index contributed by atoms with van der Waals surface area (Å²) < 4.78 is 0. The van der Waals surface area contributed by atoms with E-state index in [-0.39, 0.29) is 0 Å². The number of nitrogens with two attached hydrogens (primary N) is 1. The molecule has 96 valence electrons. The van der Waals surface area contributed by atoms with Crippen molar-refractivity contribution in [1.29, 1.82) is 0 Å². The molecule has 1 rings (SSSR count). The van der Waals surface area contributed by atoms with Crippen LogP contribution in [0.3, 0.4) is 0 Å². The van der Waals surface area contributed by atoms with E-state index in [1.54, 1.807) is 0 Å². The Morgan fingerprint density at radius 1 is 1.19 bits per heavy atom. The van der Waals surface area contributed by atoms with E-state index in [2.05, 4.69) is 33.1 Å². The minimum atomic E-state index is 0.428. The molecule has 0 spiro atoms. The van der Waals surface area contributed by atoms with E-state index in [0.717, 1.165) is 11.8 Å². The molecular weight excluding hydrogens is 196 g/mol. The van der Waals surface area contributed by atoms with Crippen molar-refractivity contribution in [3.63, 3.8) is 0 Å². The maximum Gasteiger partial charge on any atom is 0.0238 e. The number of hydrogen-bond acceptors (Lipinski definition) is 2. The first-order valence-corrected chi connectivity index (χ1v) is 6.88. The van der Waals surface area contributed by atoms with Gasteiger partial charge >= 0.3 is 0 Å². The maximum atomic E-state index is 5.72. The molecule has 1 fully saturated rings. The molecule has 0 amide bonds. The molecule has 0 bridgehead atoms. The quantitative estimate of drug-likeness (QED) is 0.569. The van der Waals surface area contributed by atoms with Crippen molar-refractivity contribution in [2.45, 2.75) is 72.3 Å². The molecule has 16 heavy (non-hydrogen) atoms. The van der Waals surface area contributed by atoms with Crippen LogP contribution in [0.5, 0.6) is 0 Å². The summed E-state index contributed by atoms with van der Waals surface area (Å²) in [5.74, 6) is 7.45. The third kappa shape index (κ3) is 4.84. The first kappa shape index (κ1) is 14.0. The highest BCUT2D eigenvalue weighted by Gasteiger charge is 2.26.